The minimum absolute atomic E-state index is 0. The summed E-state index contributed by atoms with van der Waals surface area (Å²) < 4.78 is 11.5. The molecule has 0 bridgehead atoms. The van der Waals surface area contributed by atoms with E-state index in [9.17, 15) is 10.4 Å². The Bertz CT molecular complexity index is 748. The van der Waals surface area contributed by atoms with Crippen molar-refractivity contribution in [3.63, 3.8) is 0 Å². The van der Waals surface area contributed by atoms with Crippen molar-refractivity contribution >= 4 is 29.9 Å². The molecule has 2 N–H and O–H groups in total. The molecule has 6 nitrogen and oxygen atoms in total. The first kappa shape index (κ1) is 26.4. The summed E-state index contributed by atoms with van der Waals surface area (Å²) in [5.74, 6) is 1.92. The summed E-state index contributed by atoms with van der Waals surface area (Å²) in [7, 11) is 0. The number of thioether (sulfide) groups is 1. The van der Waals surface area contributed by atoms with Crippen molar-refractivity contribution in [2.45, 2.75) is 40.2 Å². The molecular formula is C22H34ClN3O3S. The molecule has 0 saturated heterocycles. The maximum absolute atomic E-state index is 10.4. The van der Waals surface area contributed by atoms with Gasteiger partial charge in [-0.05, 0) is 51.1 Å². The second-order valence-electron chi connectivity index (χ2n) is 6.77. The van der Waals surface area contributed by atoms with Gasteiger partial charge >= 0.3 is 0 Å². The van der Waals surface area contributed by atoms with Crippen LogP contribution < -0.4 is 14.8 Å². The maximum Gasteiger partial charge on any atom is 0.161 e. The molecule has 168 valence electrons. The molecule has 1 aromatic rings. The van der Waals surface area contributed by atoms with Crippen LogP contribution in [-0.4, -0.2) is 61.3 Å². The normalized spacial score (nSPS) is 15.4. The van der Waals surface area contributed by atoms with E-state index in [1.54, 1.807) is 0 Å². The number of allylic oxidation sites excluding steroid dienone is 1. The predicted octanol–water partition coefficient (Wildman–Crippen LogP) is 3.68. The second-order valence-corrected chi connectivity index (χ2v) is 7.80. The smallest absolute Gasteiger partial charge is 0.161 e. The van der Waals surface area contributed by atoms with Crippen molar-refractivity contribution in [2.75, 3.05) is 45.1 Å². The molecule has 1 atom stereocenters. The number of halogens is 1. The molecule has 1 aliphatic rings. The van der Waals surface area contributed by atoms with Gasteiger partial charge in [0.05, 0.1) is 25.0 Å². The quantitative estimate of drug-likeness (QED) is 0.493. The molecule has 1 heterocycles. The Labute approximate surface area is 191 Å². The topological polar surface area (TPSA) is 77.8 Å². The molecule has 0 aliphatic carbocycles. The monoisotopic (exact) mass is 455 g/mol. The fourth-order valence-electron chi connectivity index (χ4n) is 3.37. The number of aliphatic hydroxyl groups excluding tert-OH is 1. The molecule has 0 saturated carbocycles. The van der Waals surface area contributed by atoms with Gasteiger partial charge in [-0.1, -0.05) is 13.8 Å². The van der Waals surface area contributed by atoms with E-state index in [1.165, 1.54) is 11.8 Å². The fourth-order valence-corrected chi connectivity index (χ4v) is 4.23. The second kappa shape index (κ2) is 13.7. The maximum atomic E-state index is 10.4. The zero-order chi connectivity index (χ0) is 21.2. The average Bonchev–Trinajstić information content (AvgIpc) is 2.73. The van der Waals surface area contributed by atoms with Crippen LogP contribution in [0.5, 0.6) is 11.5 Å². The van der Waals surface area contributed by atoms with Gasteiger partial charge in [0, 0.05) is 24.4 Å². The lowest BCUT2D eigenvalue weighted by atomic mass is 9.97. The molecule has 0 radical (unpaired) electrons. The Morgan fingerprint density at radius 2 is 1.83 bits per heavy atom. The minimum atomic E-state index is -0.480. The van der Waals surface area contributed by atoms with Crippen LogP contribution in [0.4, 0.5) is 0 Å². The Morgan fingerprint density at radius 3 is 2.40 bits per heavy atom. The van der Waals surface area contributed by atoms with Gasteiger partial charge in [-0.2, -0.15) is 5.26 Å². The summed E-state index contributed by atoms with van der Waals surface area (Å²) in [4.78, 5) is 2.78. The predicted molar refractivity (Wildman–Crippen MR) is 127 cm³/mol. The molecule has 1 aromatic carbocycles. The summed E-state index contributed by atoms with van der Waals surface area (Å²) in [6.45, 7) is 12.4. The van der Waals surface area contributed by atoms with E-state index in [1.807, 2.05) is 26.0 Å². The molecular weight excluding hydrogens is 422 g/mol. The lowest BCUT2D eigenvalue weighted by molar-refractivity contribution is 0.137. The first-order valence-electron chi connectivity index (χ1n) is 10.4. The van der Waals surface area contributed by atoms with Crippen LogP contribution in [0.25, 0.3) is 5.70 Å². The number of nitrogens with zero attached hydrogens (tertiary/aromatic N) is 2. The molecule has 30 heavy (non-hydrogen) atoms. The number of rotatable bonds is 11. The van der Waals surface area contributed by atoms with Crippen molar-refractivity contribution < 1.29 is 14.6 Å². The van der Waals surface area contributed by atoms with Crippen LogP contribution in [0, 0.1) is 11.3 Å². The van der Waals surface area contributed by atoms with Gasteiger partial charge in [0.2, 0.25) is 0 Å². The molecule has 1 aliphatic heterocycles. The lowest BCUT2D eigenvalue weighted by Gasteiger charge is -2.25. The van der Waals surface area contributed by atoms with E-state index in [0.717, 1.165) is 48.6 Å². The van der Waals surface area contributed by atoms with Crippen molar-refractivity contribution in [2.24, 2.45) is 0 Å². The third-order valence-corrected chi connectivity index (χ3v) is 5.98. The lowest BCUT2D eigenvalue weighted by Crippen LogP contribution is -2.33. The number of nitriles is 1. The van der Waals surface area contributed by atoms with Crippen LogP contribution in [0.1, 0.15) is 38.8 Å². The first-order chi connectivity index (χ1) is 14.1. The number of benzene rings is 1. The number of fused-ring (bicyclic) bond motifs is 1. The standard InChI is InChI=1S/C22H33N3O3S.ClH/c1-5-25(6-2)14-17(26)15-29-21(13-23)22-18-12-20(28-8-4)19(27-7-3)11-16(18)9-10-24-22;/h11-12,17,24,26H,5-10,14-15H2,1-4H3;1H. The zero-order valence-corrected chi connectivity index (χ0v) is 20.0. The SMILES string of the molecule is CCOc1cc2c(cc1OCC)C(=C(C#N)SCC(O)CN(CC)CC)NCC2.Cl. The van der Waals surface area contributed by atoms with Crippen molar-refractivity contribution in [3.8, 4) is 17.6 Å². The Hall–Kier alpha value is -1.59. The van der Waals surface area contributed by atoms with Crippen molar-refractivity contribution in [1.29, 1.82) is 5.26 Å². The fraction of sp³-hybridized carbons (Fsp3) is 0.591. The highest BCUT2D eigenvalue weighted by Gasteiger charge is 2.22. The third kappa shape index (κ3) is 6.98. The first-order valence-corrected chi connectivity index (χ1v) is 11.4. The summed E-state index contributed by atoms with van der Waals surface area (Å²) in [5.41, 5.74) is 2.94. The summed E-state index contributed by atoms with van der Waals surface area (Å²) in [5, 5.41) is 23.5. The van der Waals surface area contributed by atoms with Crippen LogP contribution in [0.2, 0.25) is 0 Å². The molecule has 2 rings (SSSR count). The molecule has 0 fully saturated rings. The van der Waals surface area contributed by atoms with Crippen LogP contribution in [-0.2, 0) is 6.42 Å². The molecule has 0 amide bonds. The Kier molecular flexibility index (Phi) is 12.0. The number of likely N-dealkylation sites (N-methyl/N-ethyl adjacent to an activating group) is 1. The molecule has 0 aromatic heterocycles. The average molecular weight is 456 g/mol. The van der Waals surface area contributed by atoms with E-state index in [-0.39, 0.29) is 12.4 Å². The molecule has 0 spiro atoms. The van der Waals surface area contributed by atoms with E-state index >= 15 is 0 Å². The number of nitrogens with one attached hydrogen (secondary N) is 1. The summed E-state index contributed by atoms with van der Waals surface area (Å²) in [6.07, 6.45) is 0.380. The number of ether oxygens (including phenoxy) is 2. The van der Waals surface area contributed by atoms with Crippen LogP contribution >= 0.6 is 24.2 Å². The highest BCUT2D eigenvalue weighted by atomic mass is 35.5. The van der Waals surface area contributed by atoms with Gasteiger partial charge in [-0.25, -0.2) is 0 Å². The largest absolute Gasteiger partial charge is 0.490 e. The van der Waals surface area contributed by atoms with Crippen molar-refractivity contribution in [1.82, 2.24) is 10.2 Å². The van der Waals surface area contributed by atoms with Gasteiger partial charge in [-0.3, -0.25) is 0 Å². The number of aliphatic hydroxyl groups is 1. The van der Waals surface area contributed by atoms with E-state index in [0.29, 0.717) is 36.2 Å². The molecule has 8 heteroatoms. The van der Waals surface area contributed by atoms with Gasteiger partial charge in [0.1, 0.15) is 11.0 Å². The summed E-state index contributed by atoms with van der Waals surface area (Å²) in [6, 6.07) is 6.32. The van der Waals surface area contributed by atoms with Gasteiger partial charge in [-0.15, -0.1) is 24.2 Å². The minimum Gasteiger partial charge on any atom is -0.490 e. The van der Waals surface area contributed by atoms with E-state index < -0.39 is 6.10 Å². The highest BCUT2D eigenvalue weighted by Crippen LogP contribution is 2.37. The van der Waals surface area contributed by atoms with Crippen molar-refractivity contribution in [3.05, 3.63) is 28.2 Å². The van der Waals surface area contributed by atoms with E-state index in [2.05, 4.69) is 30.1 Å². The number of hydrogen-bond donors (Lipinski definition) is 2. The Balaban J connectivity index is 0.00000450. The highest BCUT2D eigenvalue weighted by molar-refractivity contribution is 8.03. The number of hydrogen-bond acceptors (Lipinski definition) is 7. The zero-order valence-electron chi connectivity index (χ0n) is 18.4. The van der Waals surface area contributed by atoms with E-state index in [4.69, 9.17) is 9.47 Å². The Morgan fingerprint density at radius 1 is 1.20 bits per heavy atom. The van der Waals surface area contributed by atoms with Gasteiger partial charge in [0.15, 0.2) is 11.5 Å². The molecule has 1 unspecified atom stereocenters. The summed E-state index contributed by atoms with van der Waals surface area (Å²) >= 11 is 1.40. The van der Waals surface area contributed by atoms with Crippen LogP contribution in [0.15, 0.2) is 17.0 Å². The third-order valence-electron chi connectivity index (χ3n) is 4.85. The van der Waals surface area contributed by atoms with Crippen LogP contribution in [0.3, 0.4) is 0 Å². The van der Waals surface area contributed by atoms with Gasteiger partial charge in [0.25, 0.3) is 0 Å². The van der Waals surface area contributed by atoms with Gasteiger partial charge < -0.3 is 24.8 Å².